The SMILES string of the molecule is CC(c1nccs1)N1CCN(C(=O)OC(C)(C)C)CC1C(=O)O. The van der Waals surface area contributed by atoms with Gasteiger partial charge in [0.1, 0.15) is 16.7 Å². The van der Waals surface area contributed by atoms with Crippen LogP contribution >= 0.6 is 11.3 Å². The molecule has 1 fully saturated rings. The van der Waals surface area contributed by atoms with Crippen molar-refractivity contribution >= 4 is 23.4 Å². The predicted molar refractivity (Wildman–Crippen MR) is 86.5 cm³/mol. The monoisotopic (exact) mass is 341 g/mol. The summed E-state index contributed by atoms with van der Waals surface area (Å²) in [6.45, 7) is 8.34. The maximum Gasteiger partial charge on any atom is 0.410 e. The Kier molecular flexibility index (Phi) is 5.26. The van der Waals surface area contributed by atoms with Gasteiger partial charge in [-0.3, -0.25) is 9.69 Å². The van der Waals surface area contributed by atoms with Crippen molar-refractivity contribution in [2.24, 2.45) is 0 Å². The molecule has 0 spiro atoms. The molecule has 7 nitrogen and oxygen atoms in total. The minimum absolute atomic E-state index is 0.100. The Hall–Kier alpha value is -1.67. The number of hydrogen-bond donors (Lipinski definition) is 1. The summed E-state index contributed by atoms with van der Waals surface area (Å²) in [6.07, 6.45) is 1.24. The van der Waals surface area contributed by atoms with E-state index in [2.05, 4.69) is 4.98 Å². The van der Waals surface area contributed by atoms with Crippen molar-refractivity contribution < 1.29 is 19.4 Å². The second-order valence-electron chi connectivity index (χ2n) is 6.56. The Balaban J connectivity index is 2.09. The van der Waals surface area contributed by atoms with Crippen LogP contribution in [0.5, 0.6) is 0 Å². The summed E-state index contributed by atoms with van der Waals surface area (Å²) in [5, 5.41) is 12.3. The highest BCUT2D eigenvalue weighted by Gasteiger charge is 2.38. The standard InChI is InChI=1S/C15H23N3O4S/c1-10(12-16-5-8-23-12)18-7-6-17(9-11(18)13(19)20)14(21)22-15(2,3)4/h5,8,10-11H,6-7,9H2,1-4H3,(H,19,20). The summed E-state index contributed by atoms with van der Waals surface area (Å²) < 4.78 is 5.34. The Bertz CT molecular complexity index is 556. The van der Waals surface area contributed by atoms with Crippen LogP contribution in [0, 0.1) is 0 Å². The lowest BCUT2D eigenvalue weighted by atomic mass is 10.1. The molecule has 1 aromatic rings. The van der Waals surface area contributed by atoms with Crippen molar-refractivity contribution in [1.29, 1.82) is 0 Å². The van der Waals surface area contributed by atoms with Crippen LogP contribution in [0.3, 0.4) is 0 Å². The maximum atomic E-state index is 12.2. The van der Waals surface area contributed by atoms with Crippen molar-refractivity contribution in [2.75, 3.05) is 19.6 Å². The van der Waals surface area contributed by atoms with Crippen LogP contribution in [0.1, 0.15) is 38.7 Å². The highest BCUT2D eigenvalue weighted by Crippen LogP contribution is 2.27. The van der Waals surface area contributed by atoms with Crippen LogP contribution in [0.25, 0.3) is 0 Å². The third kappa shape index (κ3) is 4.42. The summed E-state index contributed by atoms with van der Waals surface area (Å²) in [5.41, 5.74) is -0.596. The highest BCUT2D eigenvalue weighted by molar-refractivity contribution is 7.09. The van der Waals surface area contributed by atoms with Gasteiger partial charge < -0.3 is 14.7 Å². The molecule has 0 radical (unpaired) electrons. The van der Waals surface area contributed by atoms with Crippen molar-refractivity contribution in [2.45, 2.75) is 45.4 Å². The summed E-state index contributed by atoms with van der Waals surface area (Å²) in [5.74, 6) is -0.943. The van der Waals surface area contributed by atoms with Gasteiger partial charge in [-0.2, -0.15) is 0 Å². The largest absolute Gasteiger partial charge is 0.480 e. The zero-order valence-electron chi connectivity index (χ0n) is 13.9. The van der Waals surface area contributed by atoms with E-state index in [9.17, 15) is 14.7 Å². The first-order valence-corrected chi connectivity index (χ1v) is 8.43. The van der Waals surface area contributed by atoms with Crippen LogP contribution in [-0.2, 0) is 9.53 Å². The number of thiazole rings is 1. The van der Waals surface area contributed by atoms with Crippen LogP contribution in [0.15, 0.2) is 11.6 Å². The van der Waals surface area contributed by atoms with Gasteiger partial charge in [0.2, 0.25) is 0 Å². The zero-order chi connectivity index (χ0) is 17.2. The molecule has 1 aromatic heterocycles. The number of carbonyl (C=O) groups excluding carboxylic acids is 1. The first-order chi connectivity index (χ1) is 10.7. The van der Waals surface area contributed by atoms with Gasteiger partial charge in [-0.15, -0.1) is 11.3 Å². The quantitative estimate of drug-likeness (QED) is 0.907. The Morgan fingerprint density at radius 3 is 2.65 bits per heavy atom. The molecule has 23 heavy (non-hydrogen) atoms. The van der Waals surface area contributed by atoms with Gasteiger partial charge in [0.05, 0.1) is 12.6 Å². The molecule has 1 aliphatic heterocycles. The number of aliphatic carboxylic acids is 1. The summed E-state index contributed by atoms with van der Waals surface area (Å²) in [6, 6.07) is -0.868. The number of piperazine rings is 1. The molecule has 2 unspecified atom stereocenters. The lowest BCUT2D eigenvalue weighted by Crippen LogP contribution is -2.58. The van der Waals surface area contributed by atoms with Crippen LogP contribution < -0.4 is 0 Å². The number of carboxylic acids is 1. The van der Waals surface area contributed by atoms with Gasteiger partial charge in [-0.1, -0.05) is 0 Å². The molecule has 0 saturated carbocycles. The average molecular weight is 341 g/mol. The van der Waals surface area contributed by atoms with E-state index in [0.717, 1.165) is 5.01 Å². The van der Waals surface area contributed by atoms with Crippen molar-refractivity contribution in [3.8, 4) is 0 Å². The molecule has 0 bridgehead atoms. The molecule has 1 N–H and O–H groups in total. The second-order valence-corrected chi connectivity index (χ2v) is 7.49. The molecule has 128 valence electrons. The molecule has 8 heteroatoms. The number of carbonyl (C=O) groups is 2. The Morgan fingerprint density at radius 1 is 1.43 bits per heavy atom. The van der Waals surface area contributed by atoms with E-state index in [1.165, 1.54) is 16.2 Å². The number of hydrogen-bond acceptors (Lipinski definition) is 6. The number of aromatic nitrogens is 1. The van der Waals surface area contributed by atoms with Crippen LogP contribution in [0.2, 0.25) is 0 Å². The van der Waals surface area contributed by atoms with E-state index < -0.39 is 23.7 Å². The molecule has 1 aliphatic rings. The number of nitrogens with zero attached hydrogens (tertiary/aromatic N) is 3. The first-order valence-electron chi connectivity index (χ1n) is 7.55. The van der Waals surface area contributed by atoms with Crippen molar-refractivity contribution in [3.05, 3.63) is 16.6 Å². The van der Waals surface area contributed by atoms with E-state index in [1.54, 1.807) is 27.0 Å². The predicted octanol–water partition coefficient (Wildman–Crippen LogP) is 2.21. The van der Waals surface area contributed by atoms with Gasteiger partial charge in [0, 0.05) is 24.7 Å². The van der Waals surface area contributed by atoms with E-state index >= 15 is 0 Å². The molecule has 0 aromatic carbocycles. The summed E-state index contributed by atoms with van der Waals surface area (Å²) >= 11 is 1.50. The molecule has 1 amide bonds. The lowest BCUT2D eigenvalue weighted by Gasteiger charge is -2.41. The first kappa shape index (κ1) is 17.7. The maximum absolute atomic E-state index is 12.2. The fourth-order valence-electron chi connectivity index (χ4n) is 2.56. The van der Waals surface area contributed by atoms with E-state index in [0.29, 0.717) is 13.1 Å². The Morgan fingerprint density at radius 2 is 2.13 bits per heavy atom. The van der Waals surface area contributed by atoms with Crippen molar-refractivity contribution in [1.82, 2.24) is 14.8 Å². The topological polar surface area (TPSA) is 83.0 Å². The fourth-order valence-corrected chi connectivity index (χ4v) is 3.27. The molecular weight excluding hydrogens is 318 g/mol. The number of amides is 1. The van der Waals surface area contributed by atoms with Gasteiger partial charge in [0.25, 0.3) is 0 Å². The minimum atomic E-state index is -0.943. The van der Waals surface area contributed by atoms with E-state index in [-0.39, 0.29) is 12.6 Å². The number of carboxylic acid groups (broad SMARTS) is 1. The molecular formula is C15H23N3O4S. The second kappa shape index (κ2) is 6.84. The molecule has 2 atom stereocenters. The smallest absolute Gasteiger partial charge is 0.410 e. The molecule has 1 saturated heterocycles. The molecule has 0 aliphatic carbocycles. The Labute approximate surface area is 139 Å². The normalized spacial score (nSPS) is 21.0. The molecule has 2 rings (SSSR count). The van der Waals surface area contributed by atoms with Gasteiger partial charge in [0.15, 0.2) is 0 Å². The summed E-state index contributed by atoms with van der Waals surface area (Å²) in [7, 11) is 0. The third-order valence-electron chi connectivity index (χ3n) is 3.66. The van der Waals surface area contributed by atoms with E-state index in [4.69, 9.17) is 4.74 Å². The lowest BCUT2D eigenvalue weighted by molar-refractivity contribution is -0.146. The van der Waals surface area contributed by atoms with Gasteiger partial charge in [-0.25, -0.2) is 9.78 Å². The van der Waals surface area contributed by atoms with Crippen LogP contribution in [0.4, 0.5) is 4.79 Å². The number of rotatable bonds is 3. The van der Waals surface area contributed by atoms with Crippen LogP contribution in [-0.4, -0.2) is 63.2 Å². The van der Waals surface area contributed by atoms with E-state index in [1.807, 2.05) is 17.2 Å². The number of ether oxygens (including phenoxy) is 1. The zero-order valence-corrected chi connectivity index (χ0v) is 14.7. The van der Waals surface area contributed by atoms with Gasteiger partial charge in [-0.05, 0) is 27.7 Å². The third-order valence-corrected chi connectivity index (χ3v) is 4.61. The fraction of sp³-hybridized carbons (Fsp3) is 0.667. The van der Waals surface area contributed by atoms with Crippen molar-refractivity contribution in [3.63, 3.8) is 0 Å². The highest BCUT2D eigenvalue weighted by atomic mass is 32.1. The summed E-state index contributed by atoms with van der Waals surface area (Å²) in [4.78, 5) is 31.4. The van der Waals surface area contributed by atoms with Gasteiger partial charge >= 0.3 is 12.1 Å². The average Bonchev–Trinajstić information content (AvgIpc) is 2.98. The molecule has 2 heterocycles. The minimum Gasteiger partial charge on any atom is -0.480 e.